The van der Waals surface area contributed by atoms with E-state index in [0.717, 1.165) is 0 Å². The van der Waals surface area contributed by atoms with E-state index >= 15 is 0 Å². The average Bonchev–Trinajstić information content (AvgIpc) is 2.53. The summed E-state index contributed by atoms with van der Waals surface area (Å²) in [5, 5.41) is 11.3. The summed E-state index contributed by atoms with van der Waals surface area (Å²) >= 11 is 0. The van der Waals surface area contributed by atoms with Crippen molar-refractivity contribution in [2.24, 2.45) is 0 Å². The summed E-state index contributed by atoms with van der Waals surface area (Å²) in [5.74, 6) is -0.964. The van der Waals surface area contributed by atoms with Crippen LogP contribution in [0.2, 0.25) is 0 Å². The molecule has 1 fully saturated rings. The summed E-state index contributed by atoms with van der Waals surface area (Å²) < 4.78 is 22.9. The molecule has 2 amide bonds. The molecule has 7 nitrogen and oxygen atoms in total. The van der Waals surface area contributed by atoms with Gasteiger partial charge in [0.2, 0.25) is 0 Å². The topological polar surface area (TPSA) is 104 Å². The number of sulfone groups is 1. The van der Waals surface area contributed by atoms with Crippen molar-refractivity contribution in [2.75, 3.05) is 24.6 Å². The highest BCUT2D eigenvalue weighted by Crippen LogP contribution is 2.23. The Hall–Kier alpha value is -1.31. The minimum Gasteiger partial charge on any atom is -0.481 e. The van der Waals surface area contributed by atoms with Gasteiger partial charge in [-0.3, -0.25) is 4.79 Å². The number of nitrogens with one attached hydrogen (secondary N) is 1. The van der Waals surface area contributed by atoms with Crippen LogP contribution in [0.3, 0.4) is 0 Å². The van der Waals surface area contributed by atoms with E-state index in [2.05, 4.69) is 5.32 Å². The van der Waals surface area contributed by atoms with Crippen molar-refractivity contribution >= 4 is 21.8 Å². The van der Waals surface area contributed by atoms with Gasteiger partial charge in [-0.15, -0.1) is 0 Å². The quantitative estimate of drug-likeness (QED) is 0.746. The second-order valence-corrected chi connectivity index (χ2v) is 7.24. The van der Waals surface area contributed by atoms with Crippen LogP contribution in [0.25, 0.3) is 0 Å². The first-order chi connectivity index (χ1) is 8.67. The number of rotatable bonds is 5. The molecular weight excluding hydrogens is 272 g/mol. The van der Waals surface area contributed by atoms with E-state index in [9.17, 15) is 18.0 Å². The zero-order valence-corrected chi connectivity index (χ0v) is 12.0. The number of carbonyl (C=O) groups is 2. The molecule has 2 N–H and O–H groups in total. The van der Waals surface area contributed by atoms with Gasteiger partial charge in [0.15, 0.2) is 9.84 Å². The van der Waals surface area contributed by atoms with Gasteiger partial charge in [0.1, 0.15) is 0 Å². The molecule has 0 radical (unpaired) electrons. The molecule has 19 heavy (non-hydrogen) atoms. The molecule has 1 aliphatic heterocycles. The molecule has 0 aromatic carbocycles. The zero-order chi connectivity index (χ0) is 14.7. The van der Waals surface area contributed by atoms with Crippen LogP contribution in [0, 0.1) is 0 Å². The first kappa shape index (κ1) is 15.7. The molecule has 8 heteroatoms. The van der Waals surface area contributed by atoms with Crippen LogP contribution in [0.15, 0.2) is 0 Å². The molecule has 0 aromatic rings. The van der Waals surface area contributed by atoms with E-state index in [0.29, 0.717) is 13.0 Å². The highest BCUT2D eigenvalue weighted by atomic mass is 32.2. The third kappa shape index (κ3) is 4.70. The van der Waals surface area contributed by atoms with Crippen LogP contribution in [0.1, 0.15) is 26.7 Å². The lowest BCUT2D eigenvalue weighted by molar-refractivity contribution is -0.137. The minimum atomic E-state index is -3.09. The lowest BCUT2D eigenvalue weighted by Crippen LogP contribution is -2.52. The Morgan fingerprint density at radius 3 is 2.47 bits per heavy atom. The number of nitrogens with zero attached hydrogens (tertiary/aromatic N) is 1. The van der Waals surface area contributed by atoms with E-state index in [4.69, 9.17) is 5.11 Å². The summed E-state index contributed by atoms with van der Waals surface area (Å²) in [4.78, 5) is 23.8. The SMILES string of the molecule is CCN(CCC(=O)O)C(=O)NC1(C)CCS(=O)(=O)C1. The van der Waals surface area contributed by atoms with Crippen LogP contribution in [-0.2, 0) is 14.6 Å². The number of carbonyl (C=O) groups excluding carboxylic acids is 1. The second kappa shape index (κ2) is 5.77. The van der Waals surface area contributed by atoms with Gasteiger partial charge < -0.3 is 15.3 Å². The van der Waals surface area contributed by atoms with Gasteiger partial charge in [-0.1, -0.05) is 0 Å². The van der Waals surface area contributed by atoms with Crippen LogP contribution in [-0.4, -0.2) is 60.6 Å². The third-order valence-electron chi connectivity index (χ3n) is 3.18. The highest BCUT2D eigenvalue weighted by molar-refractivity contribution is 7.91. The molecule has 0 aromatic heterocycles. The largest absolute Gasteiger partial charge is 0.481 e. The Bertz CT molecular complexity index is 462. The second-order valence-electron chi connectivity index (χ2n) is 5.06. The number of hydrogen-bond donors (Lipinski definition) is 2. The van der Waals surface area contributed by atoms with E-state index in [1.807, 2.05) is 0 Å². The van der Waals surface area contributed by atoms with Crippen molar-refractivity contribution in [3.63, 3.8) is 0 Å². The number of amides is 2. The van der Waals surface area contributed by atoms with Crippen molar-refractivity contribution in [1.82, 2.24) is 10.2 Å². The Morgan fingerprint density at radius 2 is 2.05 bits per heavy atom. The van der Waals surface area contributed by atoms with E-state index in [-0.39, 0.29) is 24.5 Å². The monoisotopic (exact) mass is 292 g/mol. The Balaban J connectivity index is 2.60. The van der Waals surface area contributed by atoms with Crippen LogP contribution < -0.4 is 5.32 Å². The highest BCUT2D eigenvalue weighted by Gasteiger charge is 2.40. The molecule has 110 valence electrons. The molecule has 0 saturated carbocycles. The normalized spacial score (nSPS) is 24.9. The van der Waals surface area contributed by atoms with Crippen molar-refractivity contribution in [3.05, 3.63) is 0 Å². The number of carboxylic acid groups (broad SMARTS) is 1. The lowest BCUT2D eigenvalue weighted by atomic mass is 10.0. The first-order valence-corrected chi connectivity index (χ1v) is 7.99. The van der Waals surface area contributed by atoms with E-state index in [1.54, 1.807) is 13.8 Å². The molecule has 1 aliphatic rings. The first-order valence-electron chi connectivity index (χ1n) is 6.17. The fraction of sp³-hybridized carbons (Fsp3) is 0.818. The zero-order valence-electron chi connectivity index (χ0n) is 11.2. The van der Waals surface area contributed by atoms with Crippen molar-refractivity contribution < 1.29 is 23.1 Å². The van der Waals surface area contributed by atoms with E-state index < -0.39 is 27.4 Å². The fourth-order valence-corrected chi connectivity index (χ4v) is 4.17. The van der Waals surface area contributed by atoms with Crippen LogP contribution >= 0.6 is 0 Å². The lowest BCUT2D eigenvalue weighted by Gasteiger charge is -2.29. The Labute approximate surface area is 112 Å². The number of urea groups is 1. The predicted molar refractivity (Wildman–Crippen MR) is 69.7 cm³/mol. The summed E-state index contributed by atoms with van der Waals surface area (Å²) in [6.07, 6.45) is 0.258. The Kier molecular flexibility index (Phi) is 4.78. The van der Waals surface area contributed by atoms with Gasteiger partial charge >= 0.3 is 12.0 Å². The molecule has 1 atom stereocenters. The summed E-state index contributed by atoms with van der Waals surface area (Å²) in [5.41, 5.74) is -0.757. The smallest absolute Gasteiger partial charge is 0.317 e. The van der Waals surface area contributed by atoms with Crippen molar-refractivity contribution in [2.45, 2.75) is 32.2 Å². The molecule has 1 unspecified atom stereocenters. The summed E-state index contributed by atoms with van der Waals surface area (Å²) in [6.45, 7) is 3.93. The summed E-state index contributed by atoms with van der Waals surface area (Å²) in [7, 11) is -3.09. The number of carboxylic acids is 1. The van der Waals surface area contributed by atoms with Gasteiger partial charge in [0, 0.05) is 13.1 Å². The number of aliphatic carboxylic acids is 1. The van der Waals surface area contributed by atoms with Gasteiger partial charge in [0.05, 0.1) is 23.5 Å². The van der Waals surface area contributed by atoms with Crippen LogP contribution in [0.4, 0.5) is 4.79 Å². The standard InChI is InChI=1S/C11H20N2O5S/c1-3-13(6-4-9(14)15)10(16)12-11(2)5-7-19(17,18)8-11/h3-8H2,1-2H3,(H,12,16)(H,14,15). The number of hydrogen-bond acceptors (Lipinski definition) is 4. The molecule has 1 saturated heterocycles. The van der Waals surface area contributed by atoms with Gasteiger partial charge in [0.25, 0.3) is 0 Å². The van der Waals surface area contributed by atoms with Crippen LogP contribution in [0.5, 0.6) is 0 Å². The molecular formula is C11H20N2O5S. The van der Waals surface area contributed by atoms with Gasteiger partial charge in [-0.2, -0.15) is 0 Å². The average molecular weight is 292 g/mol. The third-order valence-corrected chi connectivity index (χ3v) is 5.08. The maximum atomic E-state index is 12.0. The molecule has 0 bridgehead atoms. The van der Waals surface area contributed by atoms with Crippen molar-refractivity contribution in [1.29, 1.82) is 0 Å². The maximum absolute atomic E-state index is 12.0. The summed E-state index contributed by atoms with van der Waals surface area (Å²) in [6, 6.07) is -0.414. The minimum absolute atomic E-state index is 0.0672. The maximum Gasteiger partial charge on any atom is 0.317 e. The molecule has 0 spiro atoms. The Morgan fingerprint density at radius 1 is 1.42 bits per heavy atom. The van der Waals surface area contributed by atoms with E-state index in [1.165, 1.54) is 4.90 Å². The van der Waals surface area contributed by atoms with Gasteiger partial charge in [-0.05, 0) is 20.3 Å². The molecule has 1 rings (SSSR count). The van der Waals surface area contributed by atoms with Gasteiger partial charge in [-0.25, -0.2) is 13.2 Å². The molecule has 0 aliphatic carbocycles. The fourth-order valence-electron chi connectivity index (χ4n) is 2.08. The predicted octanol–water partition coefficient (Wildman–Crippen LogP) is 0.0698. The van der Waals surface area contributed by atoms with Crippen molar-refractivity contribution in [3.8, 4) is 0 Å². The molecule has 1 heterocycles.